The molecule has 9 heteroatoms. The molecule has 3 N–H and O–H groups in total. The fourth-order valence-electron chi connectivity index (χ4n) is 2.68. The molecule has 0 saturated heterocycles. The Labute approximate surface area is 165 Å². The van der Waals surface area contributed by atoms with Crippen LogP contribution in [0.1, 0.15) is 20.8 Å². The Morgan fingerprint density at radius 2 is 1.62 bits per heavy atom. The van der Waals surface area contributed by atoms with E-state index < -0.39 is 11.8 Å². The van der Waals surface area contributed by atoms with Crippen LogP contribution in [0.2, 0.25) is 0 Å². The van der Waals surface area contributed by atoms with E-state index in [1.165, 1.54) is 10.9 Å². The number of carbonyl (C=O) groups is 2. The summed E-state index contributed by atoms with van der Waals surface area (Å²) in [5, 5.41) is 14.1. The number of nitrogens with one attached hydrogen (secondary N) is 2. The van der Waals surface area contributed by atoms with Crippen molar-refractivity contribution in [2.24, 2.45) is 0 Å². The Hall–Kier alpha value is -4.40. The molecule has 2 aromatic heterocycles. The number of aromatic hydroxyl groups is 1. The van der Waals surface area contributed by atoms with E-state index >= 15 is 0 Å². The van der Waals surface area contributed by atoms with Gasteiger partial charge in [0.25, 0.3) is 11.8 Å². The number of hydrogen-bond donors (Lipinski definition) is 3. The summed E-state index contributed by atoms with van der Waals surface area (Å²) in [4.78, 5) is 28.5. The average molecular weight is 388 g/mol. The average Bonchev–Trinajstić information content (AvgIpc) is 3.43. The normalized spacial score (nSPS) is 10.5. The summed E-state index contributed by atoms with van der Waals surface area (Å²) >= 11 is 0. The first-order valence-corrected chi connectivity index (χ1v) is 8.65. The van der Waals surface area contributed by atoms with Gasteiger partial charge in [0.15, 0.2) is 11.4 Å². The SMILES string of the molecule is O=C(NNC(=O)c1nn(-c2ccccc2)cc1O)c1ccc(-n2ccnc2)cc1. The molecule has 2 heterocycles. The molecule has 9 nitrogen and oxygen atoms in total. The molecule has 0 atom stereocenters. The van der Waals surface area contributed by atoms with E-state index in [9.17, 15) is 14.7 Å². The predicted molar refractivity (Wildman–Crippen MR) is 104 cm³/mol. The molecule has 2 aromatic carbocycles. The first-order chi connectivity index (χ1) is 14.1. The molecule has 0 saturated carbocycles. The molecule has 4 rings (SSSR count). The second kappa shape index (κ2) is 7.69. The van der Waals surface area contributed by atoms with Crippen molar-refractivity contribution in [2.75, 3.05) is 0 Å². The van der Waals surface area contributed by atoms with Gasteiger partial charge in [0.05, 0.1) is 18.2 Å². The minimum absolute atomic E-state index is 0.204. The first kappa shape index (κ1) is 18.0. The molecule has 0 spiro atoms. The lowest BCUT2D eigenvalue weighted by Crippen LogP contribution is -2.41. The van der Waals surface area contributed by atoms with E-state index in [0.29, 0.717) is 11.3 Å². The molecular formula is C20H16N6O3. The summed E-state index contributed by atoms with van der Waals surface area (Å²) in [6.45, 7) is 0. The van der Waals surface area contributed by atoms with Crippen molar-refractivity contribution < 1.29 is 14.7 Å². The zero-order chi connectivity index (χ0) is 20.2. The maximum Gasteiger partial charge on any atom is 0.294 e. The number of benzene rings is 2. The van der Waals surface area contributed by atoms with Gasteiger partial charge >= 0.3 is 0 Å². The topological polar surface area (TPSA) is 114 Å². The van der Waals surface area contributed by atoms with Crippen LogP contribution in [0.4, 0.5) is 0 Å². The highest BCUT2D eigenvalue weighted by molar-refractivity contribution is 5.99. The zero-order valence-electron chi connectivity index (χ0n) is 15.1. The minimum atomic E-state index is -0.736. The molecule has 4 aromatic rings. The molecule has 0 aliphatic rings. The highest BCUT2D eigenvalue weighted by Gasteiger charge is 2.18. The van der Waals surface area contributed by atoms with Crippen LogP contribution < -0.4 is 10.9 Å². The molecule has 0 fully saturated rings. The van der Waals surface area contributed by atoms with Crippen molar-refractivity contribution in [3.05, 3.63) is 90.8 Å². The maximum absolute atomic E-state index is 12.3. The van der Waals surface area contributed by atoms with Gasteiger partial charge in [-0.3, -0.25) is 20.4 Å². The van der Waals surface area contributed by atoms with Crippen LogP contribution >= 0.6 is 0 Å². The van der Waals surface area contributed by atoms with Crippen molar-refractivity contribution >= 4 is 11.8 Å². The first-order valence-electron chi connectivity index (χ1n) is 8.65. The van der Waals surface area contributed by atoms with Gasteiger partial charge in [-0.2, -0.15) is 5.10 Å². The molecule has 2 amide bonds. The number of rotatable bonds is 4. The Balaban J connectivity index is 1.41. The van der Waals surface area contributed by atoms with Crippen LogP contribution in [0.15, 0.2) is 79.5 Å². The van der Waals surface area contributed by atoms with E-state index in [4.69, 9.17) is 0 Å². The van der Waals surface area contributed by atoms with Crippen molar-refractivity contribution in [2.45, 2.75) is 0 Å². The Morgan fingerprint density at radius 1 is 0.897 bits per heavy atom. The van der Waals surface area contributed by atoms with Gasteiger partial charge in [-0.05, 0) is 36.4 Å². The van der Waals surface area contributed by atoms with Crippen LogP contribution in [0.3, 0.4) is 0 Å². The maximum atomic E-state index is 12.3. The summed E-state index contributed by atoms with van der Waals surface area (Å²) in [6.07, 6.45) is 6.41. The standard InChI is InChI=1S/C20H16N6O3/c27-17-12-26(16-4-2-1-3-5-16)24-18(17)20(29)23-22-19(28)14-6-8-15(9-7-14)25-11-10-21-13-25/h1-13,27H,(H,22,28)(H,23,29). The van der Waals surface area contributed by atoms with E-state index in [-0.39, 0.29) is 11.4 Å². The van der Waals surface area contributed by atoms with Gasteiger partial charge < -0.3 is 9.67 Å². The minimum Gasteiger partial charge on any atom is -0.504 e. The highest BCUT2D eigenvalue weighted by Crippen LogP contribution is 2.17. The van der Waals surface area contributed by atoms with Gasteiger partial charge in [-0.1, -0.05) is 18.2 Å². The highest BCUT2D eigenvalue weighted by atomic mass is 16.3. The van der Waals surface area contributed by atoms with Crippen LogP contribution in [-0.4, -0.2) is 36.3 Å². The quantitative estimate of drug-likeness (QED) is 0.462. The Kier molecular flexibility index (Phi) is 4.77. The van der Waals surface area contributed by atoms with Gasteiger partial charge in [-0.25, -0.2) is 9.67 Å². The van der Waals surface area contributed by atoms with Gasteiger partial charge in [0.2, 0.25) is 0 Å². The van der Waals surface area contributed by atoms with Crippen molar-refractivity contribution in [1.29, 1.82) is 0 Å². The monoisotopic (exact) mass is 388 g/mol. The molecule has 144 valence electrons. The molecule has 0 bridgehead atoms. The lowest BCUT2D eigenvalue weighted by atomic mass is 10.2. The third-order valence-corrected chi connectivity index (χ3v) is 4.15. The largest absolute Gasteiger partial charge is 0.504 e. The van der Waals surface area contributed by atoms with E-state index in [2.05, 4.69) is 20.9 Å². The predicted octanol–water partition coefficient (Wildman–Crippen LogP) is 1.84. The van der Waals surface area contributed by atoms with Gasteiger partial charge in [0, 0.05) is 23.6 Å². The fourth-order valence-corrected chi connectivity index (χ4v) is 2.68. The molecule has 29 heavy (non-hydrogen) atoms. The molecule has 0 radical (unpaired) electrons. The number of hydrazine groups is 1. The molecular weight excluding hydrogens is 372 g/mol. The summed E-state index contributed by atoms with van der Waals surface area (Å²) in [5.74, 6) is -1.54. The molecule has 0 aliphatic heterocycles. The fraction of sp³-hybridized carbons (Fsp3) is 0. The number of hydrogen-bond acceptors (Lipinski definition) is 5. The molecule has 0 aliphatic carbocycles. The summed E-state index contributed by atoms with van der Waals surface area (Å²) in [7, 11) is 0. The Morgan fingerprint density at radius 3 is 2.31 bits per heavy atom. The van der Waals surface area contributed by atoms with Crippen molar-refractivity contribution in [1.82, 2.24) is 30.2 Å². The zero-order valence-corrected chi connectivity index (χ0v) is 15.1. The van der Waals surface area contributed by atoms with E-state index in [1.54, 1.807) is 59.7 Å². The summed E-state index contributed by atoms with van der Waals surface area (Å²) in [5.41, 5.74) is 6.25. The lowest BCUT2D eigenvalue weighted by Gasteiger charge is -2.07. The van der Waals surface area contributed by atoms with Crippen LogP contribution in [0.25, 0.3) is 11.4 Å². The van der Waals surface area contributed by atoms with Crippen LogP contribution in [0, 0.1) is 0 Å². The van der Waals surface area contributed by atoms with E-state index in [1.807, 2.05) is 18.2 Å². The summed E-state index contributed by atoms with van der Waals surface area (Å²) < 4.78 is 3.18. The number of aromatic nitrogens is 4. The van der Waals surface area contributed by atoms with Crippen molar-refractivity contribution in [3.8, 4) is 17.1 Å². The van der Waals surface area contributed by atoms with Crippen molar-refractivity contribution in [3.63, 3.8) is 0 Å². The third-order valence-electron chi connectivity index (χ3n) is 4.15. The number of nitrogens with zero attached hydrogens (tertiary/aromatic N) is 4. The van der Waals surface area contributed by atoms with E-state index in [0.717, 1.165) is 5.69 Å². The second-order valence-electron chi connectivity index (χ2n) is 6.07. The number of imidazole rings is 1. The third kappa shape index (κ3) is 3.83. The second-order valence-corrected chi connectivity index (χ2v) is 6.07. The number of para-hydroxylation sites is 1. The summed E-state index contributed by atoms with van der Waals surface area (Å²) in [6, 6.07) is 15.8. The van der Waals surface area contributed by atoms with Gasteiger partial charge in [0.1, 0.15) is 0 Å². The Bertz CT molecular complexity index is 1130. The lowest BCUT2D eigenvalue weighted by molar-refractivity contribution is 0.0842. The molecule has 0 unspecified atom stereocenters. The number of carbonyl (C=O) groups excluding carboxylic acids is 2. The number of amides is 2. The van der Waals surface area contributed by atoms with Gasteiger partial charge in [-0.15, -0.1) is 0 Å². The van der Waals surface area contributed by atoms with Crippen LogP contribution in [-0.2, 0) is 0 Å². The smallest absolute Gasteiger partial charge is 0.294 e. The van der Waals surface area contributed by atoms with Crippen LogP contribution in [0.5, 0.6) is 5.75 Å².